The lowest BCUT2D eigenvalue weighted by Crippen LogP contribution is -2.36. The van der Waals surface area contributed by atoms with Crippen LogP contribution in [0.25, 0.3) is 21.3 Å². The number of Topliss-reactive ketones (excluding diaryl/α,β-unsaturated/α-hetero) is 1. The van der Waals surface area contributed by atoms with Crippen LogP contribution in [0.3, 0.4) is 0 Å². The molecule has 2 heterocycles. The Morgan fingerprint density at radius 3 is 2.62 bits per heavy atom. The monoisotopic (exact) mass is 543 g/mol. The summed E-state index contributed by atoms with van der Waals surface area (Å²) in [6.45, 7) is 4.48. The van der Waals surface area contributed by atoms with Crippen LogP contribution in [0.15, 0.2) is 36.4 Å². The van der Waals surface area contributed by atoms with E-state index in [1.807, 2.05) is 38.1 Å². The average Bonchev–Trinajstić information content (AvgIpc) is 3.41. The van der Waals surface area contributed by atoms with Crippen molar-refractivity contribution in [1.29, 1.82) is 0 Å². The predicted molar refractivity (Wildman–Crippen MR) is 142 cm³/mol. The summed E-state index contributed by atoms with van der Waals surface area (Å²) in [4.78, 5) is 41.3. The highest BCUT2D eigenvalue weighted by molar-refractivity contribution is 7.91. The molecule has 11 heteroatoms. The lowest BCUT2D eigenvalue weighted by atomic mass is 10.0. The molecule has 4 rings (SSSR count). The number of carbonyl (C=O) groups is 3. The van der Waals surface area contributed by atoms with Crippen molar-refractivity contribution in [3.63, 3.8) is 0 Å². The molecule has 3 aromatic rings. The first-order chi connectivity index (χ1) is 17.5. The Balaban J connectivity index is 1.50. The third-order valence-electron chi connectivity index (χ3n) is 5.93. The van der Waals surface area contributed by atoms with Gasteiger partial charge in [0.05, 0.1) is 22.9 Å². The number of aromatic nitrogens is 1. The molecular weight excluding hydrogens is 514 g/mol. The first kappa shape index (κ1) is 26.9. The number of ether oxygens (including phenoxy) is 1. The quantitative estimate of drug-likeness (QED) is 0.355. The number of sulfone groups is 1. The van der Waals surface area contributed by atoms with Gasteiger partial charge in [0, 0.05) is 31.4 Å². The molecule has 0 bridgehead atoms. The van der Waals surface area contributed by atoms with E-state index in [0.29, 0.717) is 30.7 Å². The standard InChI is InChI=1S/C26H29N3O6S2/c1-15(2)35-10-4-5-19(30)14-28-25(32)23(37(3,33)34)26-29-21-9-7-17(12-22(21)36-26)16-6-8-20-18(11-16)13-27-24(20)31/h6-9,11-12,15,23H,4-5,10,13-14H2,1-3H3,(H,27,31)(H,28,32). The lowest BCUT2D eigenvalue weighted by molar-refractivity contribution is -0.125. The zero-order valence-electron chi connectivity index (χ0n) is 20.9. The number of fused-ring (bicyclic) bond motifs is 2. The zero-order chi connectivity index (χ0) is 26.7. The van der Waals surface area contributed by atoms with Crippen LogP contribution in [0, 0.1) is 0 Å². The summed E-state index contributed by atoms with van der Waals surface area (Å²) in [7, 11) is -3.85. The van der Waals surface area contributed by atoms with Crippen LogP contribution in [-0.4, -0.2) is 56.5 Å². The van der Waals surface area contributed by atoms with Crippen molar-refractivity contribution in [3.05, 3.63) is 52.5 Å². The van der Waals surface area contributed by atoms with Gasteiger partial charge in [0.2, 0.25) is 5.91 Å². The molecule has 2 amide bonds. The number of nitrogens with one attached hydrogen (secondary N) is 2. The number of amides is 2. The zero-order valence-corrected chi connectivity index (χ0v) is 22.5. The van der Waals surface area contributed by atoms with Crippen molar-refractivity contribution in [2.45, 2.75) is 44.6 Å². The molecule has 2 N–H and O–H groups in total. The SMILES string of the molecule is CC(C)OCCCC(=O)CNC(=O)C(c1nc2ccc(-c3ccc4c(c3)CNC4=O)cc2s1)S(C)(=O)=O. The van der Waals surface area contributed by atoms with Crippen molar-refractivity contribution in [2.24, 2.45) is 0 Å². The fourth-order valence-electron chi connectivity index (χ4n) is 4.09. The van der Waals surface area contributed by atoms with Crippen molar-refractivity contribution < 1.29 is 27.5 Å². The Morgan fingerprint density at radius 1 is 1.16 bits per heavy atom. The topological polar surface area (TPSA) is 132 Å². The molecule has 0 saturated heterocycles. The van der Waals surface area contributed by atoms with E-state index >= 15 is 0 Å². The summed E-state index contributed by atoms with van der Waals surface area (Å²) < 4.78 is 31.3. The summed E-state index contributed by atoms with van der Waals surface area (Å²) >= 11 is 1.13. The van der Waals surface area contributed by atoms with E-state index in [1.165, 1.54) is 0 Å². The molecule has 9 nitrogen and oxygen atoms in total. The molecule has 0 radical (unpaired) electrons. The molecule has 1 aliphatic heterocycles. The first-order valence-corrected chi connectivity index (χ1v) is 14.7. The molecule has 0 saturated carbocycles. The summed E-state index contributed by atoms with van der Waals surface area (Å²) in [6, 6.07) is 11.2. The van der Waals surface area contributed by atoms with Gasteiger partial charge in [0.25, 0.3) is 5.91 Å². The van der Waals surface area contributed by atoms with E-state index in [0.717, 1.165) is 39.0 Å². The van der Waals surface area contributed by atoms with E-state index in [-0.39, 0.29) is 35.8 Å². The maximum absolute atomic E-state index is 12.9. The van der Waals surface area contributed by atoms with Crippen LogP contribution in [0.1, 0.15) is 52.9 Å². The van der Waals surface area contributed by atoms with Crippen LogP contribution >= 0.6 is 11.3 Å². The number of benzene rings is 2. The van der Waals surface area contributed by atoms with Crippen LogP contribution < -0.4 is 10.6 Å². The number of thiazole rings is 1. The Labute approximate surface area is 219 Å². The van der Waals surface area contributed by atoms with Gasteiger partial charge in [0.15, 0.2) is 20.9 Å². The molecule has 1 aliphatic rings. The van der Waals surface area contributed by atoms with Gasteiger partial charge in [-0.05, 0) is 61.2 Å². The van der Waals surface area contributed by atoms with Gasteiger partial charge in [-0.1, -0.05) is 12.1 Å². The number of nitrogens with zero attached hydrogens (tertiary/aromatic N) is 1. The minimum Gasteiger partial charge on any atom is -0.379 e. The van der Waals surface area contributed by atoms with Gasteiger partial charge in [0.1, 0.15) is 5.01 Å². The summed E-state index contributed by atoms with van der Waals surface area (Å²) in [5.41, 5.74) is 3.96. The minimum atomic E-state index is -3.85. The Hall–Kier alpha value is -3.15. The number of hydrogen-bond donors (Lipinski definition) is 2. The largest absolute Gasteiger partial charge is 0.379 e. The van der Waals surface area contributed by atoms with Gasteiger partial charge in [-0.2, -0.15) is 0 Å². The molecular formula is C26H29N3O6S2. The third-order valence-corrected chi connectivity index (χ3v) is 8.45. The molecule has 1 unspecified atom stereocenters. The van der Waals surface area contributed by atoms with Crippen LogP contribution in [0.5, 0.6) is 0 Å². The van der Waals surface area contributed by atoms with Gasteiger partial charge in [-0.3, -0.25) is 14.4 Å². The maximum Gasteiger partial charge on any atom is 0.251 e. The van der Waals surface area contributed by atoms with E-state index < -0.39 is 21.0 Å². The Morgan fingerprint density at radius 2 is 1.89 bits per heavy atom. The molecule has 196 valence electrons. The third kappa shape index (κ3) is 6.41. The molecule has 1 atom stereocenters. The fourth-order valence-corrected chi connectivity index (χ4v) is 6.64. The predicted octanol–water partition coefficient (Wildman–Crippen LogP) is 3.18. The van der Waals surface area contributed by atoms with Crippen LogP contribution in [0.2, 0.25) is 0 Å². The van der Waals surface area contributed by atoms with Gasteiger partial charge in [-0.15, -0.1) is 11.3 Å². The number of ketones is 1. The molecule has 0 spiro atoms. The Bertz CT molecular complexity index is 1460. The van der Waals surface area contributed by atoms with Crippen molar-refractivity contribution in [2.75, 3.05) is 19.4 Å². The lowest BCUT2D eigenvalue weighted by Gasteiger charge is -2.12. The summed E-state index contributed by atoms with van der Waals surface area (Å²) in [5.74, 6) is -1.06. The van der Waals surface area contributed by atoms with Gasteiger partial charge in [-0.25, -0.2) is 13.4 Å². The second kappa shape index (κ2) is 11.1. The van der Waals surface area contributed by atoms with Gasteiger partial charge >= 0.3 is 0 Å². The smallest absolute Gasteiger partial charge is 0.251 e. The van der Waals surface area contributed by atoms with E-state index in [1.54, 1.807) is 12.1 Å². The first-order valence-electron chi connectivity index (χ1n) is 11.9. The number of carbonyl (C=O) groups excluding carboxylic acids is 3. The average molecular weight is 544 g/mol. The molecule has 37 heavy (non-hydrogen) atoms. The van der Waals surface area contributed by atoms with Crippen molar-refractivity contribution in [1.82, 2.24) is 15.6 Å². The Kier molecular flexibility index (Phi) is 8.05. The van der Waals surface area contributed by atoms with E-state index in [2.05, 4.69) is 15.6 Å². The normalized spacial score (nSPS) is 14.0. The number of rotatable bonds is 11. The molecule has 0 aliphatic carbocycles. The molecule has 0 fully saturated rings. The van der Waals surface area contributed by atoms with E-state index in [9.17, 15) is 22.8 Å². The summed E-state index contributed by atoms with van der Waals surface area (Å²) in [6.07, 6.45) is 1.82. The highest BCUT2D eigenvalue weighted by Crippen LogP contribution is 2.34. The highest BCUT2D eigenvalue weighted by Gasteiger charge is 2.34. The second-order valence-electron chi connectivity index (χ2n) is 9.28. The fraction of sp³-hybridized carbons (Fsp3) is 0.385. The molecule has 2 aromatic carbocycles. The minimum absolute atomic E-state index is 0.0755. The van der Waals surface area contributed by atoms with Crippen molar-refractivity contribution in [3.8, 4) is 11.1 Å². The van der Waals surface area contributed by atoms with Crippen molar-refractivity contribution >= 4 is 49.0 Å². The second-order valence-corrected chi connectivity index (χ2v) is 12.5. The molecule has 1 aromatic heterocycles. The van der Waals surface area contributed by atoms with Crippen LogP contribution in [-0.2, 0) is 30.7 Å². The number of hydrogen-bond acceptors (Lipinski definition) is 8. The van der Waals surface area contributed by atoms with E-state index in [4.69, 9.17) is 4.74 Å². The maximum atomic E-state index is 12.9. The summed E-state index contributed by atoms with van der Waals surface area (Å²) in [5, 5.41) is 3.91. The van der Waals surface area contributed by atoms with Gasteiger partial charge < -0.3 is 15.4 Å². The van der Waals surface area contributed by atoms with Crippen LogP contribution in [0.4, 0.5) is 0 Å². The highest BCUT2D eigenvalue weighted by atomic mass is 32.2.